The molecule has 0 saturated heterocycles. The molecule has 1 nitrogen and oxygen atoms in total. The second kappa shape index (κ2) is 59.0. The van der Waals surface area contributed by atoms with Crippen molar-refractivity contribution in [3.63, 3.8) is 0 Å². The topological polar surface area (TPSA) is 31.5 Å². The molecule has 0 rings (SSSR count). The van der Waals surface area contributed by atoms with Gasteiger partial charge in [0.2, 0.25) is 0 Å². The molecule has 0 bridgehead atoms. The van der Waals surface area contributed by atoms with Crippen LogP contribution < -0.4 is 0 Å². The molecular weight excluding hydrogens is 977 g/mol. The highest BCUT2D eigenvalue weighted by Crippen LogP contribution is 2.29. The molecule has 0 aliphatic carbocycles. The molecule has 0 aromatic heterocycles. The molecule has 0 saturated carbocycles. The van der Waals surface area contributed by atoms with Gasteiger partial charge in [0.15, 0.2) is 0 Å². The number of hydrogen-bond acceptors (Lipinski definition) is 0. The van der Waals surface area contributed by atoms with E-state index in [-0.39, 0.29) is 5.48 Å². The fourth-order valence-corrected chi connectivity index (χ4v) is 13.7. The van der Waals surface area contributed by atoms with E-state index >= 15 is 0 Å². The van der Waals surface area contributed by atoms with Crippen molar-refractivity contribution in [1.29, 1.82) is 0 Å². The summed E-state index contributed by atoms with van der Waals surface area (Å²) in [5.41, 5.74) is 0. The third kappa shape index (κ3) is 65.8. The second-order valence-electron chi connectivity index (χ2n) is 32.6. The number of rotatable bonds is 58. The number of unbranched alkanes of at least 4 members (excludes halogenated alkanes) is 2. The summed E-state index contributed by atoms with van der Waals surface area (Å²) in [6.07, 6.45) is 63.8. The van der Waals surface area contributed by atoms with Crippen LogP contribution in [0.2, 0.25) is 0 Å². The van der Waals surface area contributed by atoms with Gasteiger partial charge < -0.3 is 5.48 Å². The molecule has 0 aliphatic rings. The first kappa shape index (κ1) is 85.2. The minimum absolute atomic E-state index is 0. The summed E-state index contributed by atoms with van der Waals surface area (Å²) in [6.45, 7) is 48.9. The average molecular weight is 1140 g/mol. The lowest BCUT2D eigenvalue weighted by Gasteiger charge is -2.17. The molecule has 2 N–H and O–H groups in total. The molecule has 0 amide bonds. The summed E-state index contributed by atoms with van der Waals surface area (Å²) in [5, 5.41) is 0. The standard InChI is InChI=1S/2C40H82.H2O/c2*1-33(2)19-13-23-37(7)27-17-31-39(9)29-15-25-35(5)21-11-12-22-36(6)26-16-30-40(10)32-18-28-38(8)24-14-20-34(3)4;/h2*33-40H,11-32H2,1-10H3;1H2. The Morgan fingerprint density at radius 3 is 0.272 bits per heavy atom. The minimum Gasteiger partial charge on any atom is -0.412 e. The Kier molecular flexibility index (Phi) is 62.0. The Morgan fingerprint density at radius 1 is 0.111 bits per heavy atom. The van der Waals surface area contributed by atoms with Gasteiger partial charge in [-0.25, -0.2) is 0 Å². The van der Waals surface area contributed by atoms with Crippen LogP contribution in [0, 0.1) is 94.7 Å². The Labute approximate surface area is 518 Å². The quantitative estimate of drug-likeness (QED) is 0.0544. The van der Waals surface area contributed by atoms with Crippen LogP contribution in [0.15, 0.2) is 0 Å². The van der Waals surface area contributed by atoms with Crippen LogP contribution in [0.1, 0.15) is 421 Å². The minimum atomic E-state index is 0. The third-order valence-corrected chi connectivity index (χ3v) is 20.4. The summed E-state index contributed by atoms with van der Waals surface area (Å²) in [6, 6.07) is 0. The van der Waals surface area contributed by atoms with Crippen LogP contribution in [0.3, 0.4) is 0 Å². The first-order valence-electron chi connectivity index (χ1n) is 38.0. The van der Waals surface area contributed by atoms with Gasteiger partial charge in [-0.05, 0) is 94.7 Å². The summed E-state index contributed by atoms with van der Waals surface area (Å²) in [4.78, 5) is 0. The van der Waals surface area contributed by atoms with Crippen molar-refractivity contribution in [3.8, 4) is 0 Å². The van der Waals surface area contributed by atoms with E-state index in [0.29, 0.717) is 0 Å². The SMILES string of the molecule is CC(C)CCCC(C)CCCC(C)CCCC(C)CCCCC(C)CCCC(C)CCCC(C)CCCC(C)C.CC(C)CCCC(C)CCCC(C)CCCC(C)CCCCC(C)CCCC(C)CCCC(C)CCCC(C)C.O. The molecule has 0 aromatic carbocycles. The van der Waals surface area contributed by atoms with Crippen molar-refractivity contribution in [2.24, 2.45) is 94.7 Å². The third-order valence-electron chi connectivity index (χ3n) is 20.4. The van der Waals surface area contributed by atoms with Gasteiger partial charge in [-0.15, -0.1) is 0 Å². The monoisotopic (exact) mass is 1140 g/mol. The van der Waals surface area contributed by atoms with Crippen molar-refractivity contribution in [3.05, 3.63) is 0 Å². The Morgan fingerprint density at radius 2 is 0.185 bits per heavy atom. The summed E-state index contributed by atoms with van der Waals surface area (Å²) in [5.74, 6) is 14.7. The molecule has 0 heterocycles. The first-order valence-corrected chi connectivity index (χ1v) is 38.0. The van der Waals surface area contributed by atoms with E-state index in [9.17, 15) is 0 Å². The maximum Gasteiger partial charge on any atom is -0.0443 e. The zero-order chi connectivity index (χ0) is 60.4. The highest BCUT2D eigenvalue weighted by atomic mass is 16.0. The van der Waals surface area contributed by atoms with Crippen molar-refractivity contribution in [2.45, 2.75) is 421 Å². The predicted molar refractivity (Wildman–Crippen MR) is 376 cm³/mol. The van der Waals surface area contributed by atoms with Crippen LogP contribution in [-0.4, -0.2) is 5.48 Å². The average Bonchev–Trinajstić information content (AvgIpc) is 3.36. The maximum atomic E-state index is 2.51. The van der Waals surface area contributed by atoms with Crippen LogP contribution in [0.25, 0.3) is 0 Å². The first-order chi connectivity index (χ1) is 38.0. The van der Waals surface area contributed by atoms with Gasteiger partial charge in [0.05, 0.1) is 0 Å². The Balaban J connectivity index is -0.00000148. The highest BCUT2D eigenvalue weighted by Gasteiger charge is 2.14. The van der Waals surface area contributed by atoms with Gasteiger partial charge >= 0.3 is 0 Å². The van der Waals surface area contributed by atoms with Crippen LogP contribution in [-0.2, 0) is 0 Å². The van der Waals surface area contributed by atoms with E-state index in [1.54, 1.807) is 0 Å². The largest absolute Gasteiger partial charge is 0.412 e. The van der Waals surface area contributed by atoms with E-state index < -0.39 is 0 Å². The summed E-state index contributed by atoms with van der Waals surface area (Å²) in [7, 11) is 0. The van der Waals surface area contributed by atoms with E-state index in [1.807, 2.05) is 0 Å². The lowest BCUT2D eigenvalue weighted by Crippen LogP contribution is -2.02. The van der Waals surface area contributed by atoms with Gasteiger partial charge in [-0.1, -0.05) is 421 Å². The molecule has 1 heteroatoms. The predicted octanol–water partition coefficient (Wildman–Crippen LogP) is 28.6. The molecule has 81 heavy (non-hydrogen) atoms. The van der Waals surface area contributed by atoms with Crippen molar-refractivity contribution in [2.75, 3.05) is 0 Å². The lowest BCUT2D eigenvalue weighted by molar-refractivity contribution is 0.360. The highest BCUT2D eigenvalue weighted by molar-refractivity contribution is 4.67. The molecule has 0 fully saturated rings. The second-order valence-corrected chi connectivity index (χ2v) is 32.6. The molecule has 12 unspecified atom stereocenters. The molecular formula is C80H166O. The molecule has 0 spiro atoms. The number of hydrogen-bond donors (Lipinski definition) is 0. The Hall–Kier alpha value is -0.0400. The molecule has 492 valence electrons. The van der Waals surface area contributed by atoms with Gasteiger partial charge in [-0.3, -0.25) is 0 Å². The van der Waals surface area contributed by atoms with E-state index in [1.165, 1.54) is 283 Å². The van der Waals surface area contributed by atoms with Crippen molar-refractivity contribution >= 4 is 0 Å². The molecule has 0 aliphatic heterocycles. The van der Waals surface area contributed by atoms with Gasteiger partial charge in [0, 0.05) is 0 Å². The van der Waals surface area contributed by atoms with Crippen LogP contribution in [0.5, 0.6) is 0 Å². The fourth-order valence-electron chi connectivity index (χ4n) is 13.7. The molecule has 0 radical (unpaired) electrons. The van der Waals surface area contributed by atoms with Crippen molar-refractivity contribution < 1.29 is 5.48 Å². The maximum absolute atomic E-state index is 2.51. The summed E-state index contributed by atoms with van der Waals surface area (Å²) < 4.78 is 0. The van der Waals surface area contributed by atoms with Gasteiger partial charge in [0.25, 0.3) is 0 Å². The fraction of sp³-hybridized carbons (Fsp3) is 1.00. The smallest absolute Gasteiger partial charge is 0.0443 e. The zero-order valence-electron chi connectivity index (χ0n) is 60.9. The molecule has 12 atom stereocenters. The van der Waals surface area contributed by atoms with E-state index in [0.717, 1.165) is 94.7 Å². The lowest BCUT2D eigenvalue weighted by atomic mass is 9.89. The van der Waals surface area contributed by atoms with Gasteiger partial charge in [0.1, 0.15) is 0 Å². The zero-order valence-corrected chi connectivity index (χ0v) is 60.9. The molecule has 0 aromatic rings. The van der Waals surface area contributed by atoms with Crippen molar-refractivity contribution in [1.82, 2.24) is 0 Å². The normalized spacial score (nSPS) is 16.6. The summed E-state index contributed by atoms with van der Waals surface area (Å²) >= 11 is 0. The van der Waals surface area contributed by atoms with Crippen LogP contribution in [0.4, 0.5) is 0 Å². The van der Waals surface area contributed by atoms with Gasteiger partial charge in [-0.2, -0.15) is 0 Å². The van der Waals surface area contributed by atoms with E-state index in [2.05, 4.69) is 138 Å². The Bertz CT molecular complexity index is 1020. The van der Waals surface area contributed by atoms with Crippen LogP contribution >= 0.6 is 0 Å². The van der Waals surface area contributed by atoms with E-state index in [4.69, 9.17) is 0 Å².